The Morgan fingerprint density at radius 1 is 0.967 bits per heavy atom. The molecule has 1 saturated heterocycles. The van der Waals surface area contributed by atoms with Crippen molar-refractivity contribution in [3.05, 3.63) is 5.01 Å². The average Bonchev–Trinajstić information content (AvgIpc) is 3.27. The van der Waals surface area contributed by atoms with Crippen LogP contribution < -0.4 is 5.32 Å². The zero-order chi connectivity index (χ0) is 20.5. The Kier molecular flexibility index (Phi) is 4.31. The van der Waals surface area contributed by atoms with Crippen LogP contribution in [0.15, 0.2) is 0 Å². The van der Waals surface area contributed by atoms with E-state index in [4.69, 9.17) is 0 Å². The molecule has 0 aromatic carbocycles. The van der Waals surface area contributed by atoms with E-state index in [2.05, 4.69) is 15.5 Å². The molecule has 5 aliphatic carbocycles. The second-order valence-corrected chi connectivity index (χ2v) is 11.4. The maximum atomic E-state index is 12.6. The number of hydrogen-bond donors (Lipinski definition) is 1. The van der Waals surface area contributed by atoms with Crippen molar-refractivity contribution in [2.45, 2.75) is 69.6 Å². The van der Waals surface area contributed by atoms with Crippen molar-refractivity contribution in [2.75, 3.05) is 11.9 Å². The van der Waals surface area contributed by atoms with E-state index in [0.29, 0.717) is 5.13 Å². The number of rotatable bonds is 4. The smallest absolute Gasteiger partial charge is 0.246 e. The summed E-state index contributed by atoms with van der Waals surface area (Å²) in [4.78, 5) is 39.0. The molecule has 2 atom stereocenters. The molecular formula is C22H28N4O3S. The van der Waals surface area contributed by atoms with Crippen LogP contribution >= 0.6 is 11.3 Å². The molecule has 8 heteroatoms. The molecule has 3 amide bonds. The van der Waals surface area contributed by atoms with Crippen LogP contribution in [0.3, 0.4) is 0 Å². The lowest BCUT2D eigenvalue weighted by Gasteiger charge is -2.55. The molecule has 160 valence electrons. The summed E-state index contributed by atoms with van der Waals surface area (Å²) in [7, 11) is 0. The van der Waals surface area contributed by atoms with Gasteiger partial charge in [-0.3, -0.25) is 24.6 Å². The summed E-state index contributed by atoms with van der Waals surface area (Å²) >= 11 is 1.49. The summed E-state index contributed by atoms with van der Waals surface area (Å²) < 4.78 is 0. The number of nitrogens with zero attached hydrogens (tertiary/aromatic N) is 3. The Morgan fingerprint density at radius 3 is 2.10 bits per heavy atom. The van der Waals surface area contributed by atoms with Crippen LogP contribution in [-0.2, 0) is 19.8 Å². The summed E-state index contributed by atoms with van der Waals surface area (Å²) in [6, 6.07) is 0. The van der Waals surface area contributed by atoms with Crippen LogP contribution in [0.1, 0.15) is 69.2 Å². The Morgan fingerprint density at radius 2 is 1.53 bits per heavy atom. The minimum Gasteiger partial charge on any atom is -0.299 e. The quantitative estimate of drug-likeness (QED) is 0.744. The molecule has 1 aromatic heterocycles. The fraction of sp³-hybridized carbons (Fsp3) is 0.773. The molecule has 30 heavy (non-hydrogen) atoms. The normalized spacial score (nSPS) is 39.5. The monoisotopic (exact) mass is 428 g/mol. The predicted octanol–water partition coefficient (Wildman–Crippen LogP) is 3.12. The van der Waals surface area contributed by atoms with Gasteiger partial charge < -0.3 is 0 Å². The van der Waals surface area contributed by atoms with Crippen molar-refractivity contribution in [3.63, 3.8) is 0 Å². The summed E-state index contributed by atoms with van der Waals surface area (Å²) in [6.07, 6.45) is 11.3. The molecule has 5 saturated carbocycles. The molecule has 1 aromatic rings. The molecule has 0 radical (unpaired) electrons. The molecule has 2 heterocycles. The summed E-state index contributed by atoms with van der Waals surface area (Å²) in [6.45, 7) is -0.211. The Hall–Kier alpha value is -1.83. The Bertz CT molecular complexity index is 853. The summed E-state index contributed by atoms with van der Waals surface area (Å²) in [5.74, 6) is 1.34. The van der Waals surface area contributed by atoms with Gasteiger partial charge in [-0.2, -0.15) is 0 Å². The fourth-order valence-electron chi connectivity index (χ4n) is 7.55. The van der Waals surface area contributed by atoms with Crippen molar-refractivity contribution < 1.29 is 14.4 Å². The molecule has 6 aliphatic rings. The van der Waals surface area contributed by atoms with E-state index in [0.717, 1.165) is 53.3 Å². The third-order valence-electron chi connectivity index (χ3n) is 8.40. The lowest BCUT2D eigenvalue weighted by atomic mass is 9.50. The van der Waals surface area contributed by atoms with Crippen molar-refractivity contribution in [1.29, 1.82) is 0 Å². The highest BCUT2D eigenvalue weighted by Gasteiger charge is 2.53. The van der Waals surface area contributed by atoms with Gasteiger partial charge in [0.15, 0.2) is 0 Å². The van der Waals surface area contributed by atoms with E-state index in [9.17, 15) is 14.4 Å². The van der Waals surface area contributed by atoms with Crippen LogP contribution in [0.5, 0.6) is 0 Å². The van der Waals surface area contributed by atoms with E-state index in [1.165, 1.54) is 49.9 Å². The SMILES string of the molecule is O=C(CN1C(=O)C2CCCCC2C1=O)Nc1nnc(C23CC4CC(CC(C4)C2)C3)s1. The molecule has 4 bridgehead atoms. The number of fused-ring (bicyclic) bond motifs is 1. The molecule has 0 spiro atoms. The Balaban J connectivity index is 1.13. The molecule has 7 rings (SSSR count). The zero-order valence-electron chi connectivity index (χ0n) is 17.1. The number of carbonyl (C=O) groups excluding carboxylic acids is 3. The van der Waals surface area contributed by atoms with Crippen molar-refractivity contribution in [1.82, 2.24) is 15.1 Å². The molecular weight excluding hydrogens is 400 g/mol. The highest BCUT2D eigenvalue weighted by molar-refractivity contribution is 7.15. The van der Waals surface area contributed by atoms with E-state index >= 15 is 0 Å². The van der Waals surface area contributed by atoms with Gasteiger partial charge in [0, 0.05) is 5.41 Å². The minimum atomic E-state index is -0.358. The first-order valence-corrected chi connectivity index (χ1v) is 12.3. The Labute approximate surface area is 180 Å². The molecule has 6 fully saturated rings. The number of likely N-dealkylation sites (tertiary alicyclic amines) is 1. The highest BCUT2D eigenvalue weighted by Crippen LogP contribution is 2.61. The van der Waals surface area contributed by atoms with E-state index in [1.54, 1.807) is 0 Å². The van der Waals surface area contributed by atoms with Crippen LogP contribution in [0.2, 0.25) is 0 Å². The van der Waals surface area contributed by atoms with Gasteiger partial charge >= 0.3 is 0 Å². The van der Waals surface area contributed by atoms with Crippen LogP contribution in [-0.4, -0.2) is 39.4 Å². The third-order valence-corrected chi connectivity index (χ3v) is 9.48. The molecule has 1 N–H and O–H groups in total. The van der Waals surface area contributed by atoms with Gasteiger partial charge in [-0.15, -0.1) is 10.2 Å². The summed E-state index contributed by atoms with van der Waals surface area (Å²) in [5.41, 5.74) is 0.159. The van der Waals surface area contributed by atoms with Gasteiger partial charge in [0.2, 0.25) is 22.9 Å². The van der Waals surface area contributed by atoms with Crippen LogP contribution in [0, 0.1) is 29.6 Å². The number of hydrogen-bond acceptors (Lipinski definition) is 6. The van der Waals surface area contributed by atoms with Crippen LogP contribution in [0.25, 0.3) is 0 Å². The van der Waals surface area contributed by atoms with Crippen LogP contribution in [0.4, 0.5) is 5.13 Å². The second-order valence-electron chi connectivity index (χ2n) is 10.4. The van der Waals surface area contributed by atoms with E-state index < -0.39 is 0 Å². The molecule has 7 nitrogen and oxygen atoms in total. The number of anilines is 1. The van der Waals surface area contributed by atoms with Gasteiger partial charge in [0.05, 0.1) is 11.8 Å². The second kappa shape index (κ2) is 6.84. The largest absolute Gasteiger partial charge is 0.299 e. The number of carbonyl (C=O) groups is 3. The fourth-order valence-corrected chi connectivity index (χ4v) is 8.53. The maximum absolute atomic E-state index is 12.6. The number of imide groups is 1. The standard InChI is InChI=1S/C22H28N4O3S/c27-17(11-26-18(28)15-3-1-2-4-16(15)19(26)29)23-21-25-24-20(30-21)22-8-12-5-13(9-22)7-14(6-12)10-22/h12-16H,1-11H2,(H,23,25,27). The van der Waals surface area contributed by atoms with Gasteiger partial charge in [0.25, 0.3) is 0 Å². The maximum Gasteiger partial charge on any atom is 0.246 e. The first-order valence-electron chi connectivity index (χ1n) is 11.5. The highest BCUT2D eigenvalue weighted by atomic mass is 32.1. The number of aromatic nitrogens is 2. The summed E-state index contributed by atoms with van der Waals surface area (Å²) in [5, 5.41) is 13.1. The molecule has 1 aliphatic heterocycles. The average molecular weight is 429 g/mol. The van der Waals surface area contributed by atoms with Crippen molar-refractivity contribution >= 4 is 34.2 Å². The van der Waals surface area contributed by atoms with Gasteiger partial charge in [-0.05, 0) is 69.1 Å². The number of amides is 3. The minimum absolute atomic E-state index is 0.159. The first kappa shape index (κ1) is 18.9. The zero-order valence-corrected chi connectivity index (χ0v) is 18.0. The van der Waals surface area contributed by atoms with Gasteiger partial charge in [-0.1, -0.05) is 24.2 Å². The van der Waals surface area contributed by atoms with Gasteiger partial charge in [-0.25, -0.2) is 0 Å². The van der Waals surface area contributed by atoms with Crippen molar-refractivity contribution in [2.24, 2.45) is 29.6 Å². The van der Waals surface area contributed by atoms with Gasteiger partial charge in [0.1, 0.15) is 11.6 Å². The third kappa shape index (κ3) is 2.93. The number of nitrogens with one attached hydrogen (secondary N) is 1. The van der Waals surface area contributed by atoms with E-state index in [1.807, 2.05) is 0 Å². The first-order chi connectivity index (χ1) is 14.5. The topological polar surface area (TPSA) is 92.3 Å². The van der Waals surface area contributed by atoms with Crippen molar-refractivity contribution in [3.8, 4) is 0 Å². The van der Waals surface area contributed by atoms with E-state index in [-0.39, 0.29) is 41.5 Å². The lowest BCUT2D eigenvalue weighted by molar-refractivity contribution is -0.142. The lowest BCUT2D eigenvalue weighted by Crippen LogP contribution is -2.48. The predicted molar refractivity (Wildman–Crippen MR) is 111 cm³/mol. The molecule has 2 unspecified atom stereocenters.